The lowest BCUT2D eigenvalue weighted by Gasteiger charge is -2.27. The smallest absolute Gasteiger partial charge is 0.253 e. The molecule has 0 aliphatic carbocycles. The first-order valence-electron chi connectivity index (χ1n) is 6.69. The van der Waals surface area contributed by atoms with E-state index in [1.165, 1.54) is 5.56 Å². The summed E-state index contributed by atoms with van der Waals surface area (Å²) in [4.78, 5) is 14.1. The van der Waals surface area contributed by atoms with Crippen LogP contribution in [-0.2, 0) is 10.1 Å². The summed E-state index contributed by atoms with van der Waals surface area (Å²) in [6.45, 7) is 2.42. The summed E-state index contributed by atoms with van der Waals surface area (Å²) < 4.78 is 5.46. The fourth-order valence-corrected chi connectivity index (χ4v) is 2.75. The van der Waals surface area contributed by atoms with E-state index in [1.807, 2.05) is 36.2 Å². The van der Waals surface area contributed by atoms with Crippen LogP contribution >= 0.6 is 15.9 Å². The summed E-state index contributed by atoms with van der Waals surface area (Å²) in [6.07, 6.45) is 2.26. The first-order chi connectivity index (χ1) is 9.20. The molecule has 1 atom stereocenters. The number of amides is 1. The molecule has 1 aromatic rings. The minimum absolute atomic E-state index is 0.0895. The van der Waals surface area contributed by atoms with Gasteiger partial charge in [0.15, 0.2) is 0 Å². The maximum absolute atomic E-state index is 12.3. The van der Waals surface area contributed by atoms with Crippen LogP contribution in [0.5, 0.6) is 0 Å². The van der Waals surface area contributed by atoms with Crippen molar-refractivity contribution in [1.29, 1.82) is 0 Å². The van der Waals surface area contributed by atoms with Crippen LogP contribution in [0, 0.1) is 5.92 Å². The molecular weight excluding hydrogens is 306 g/mol. The molecule has 0 N–H and O–H groups in total. The van der Waals surface area contributed by atoms with Gasteiger partial charge in [0, 0.05) is 31.1 Å². The van der Waals surface area contributed by atoms with E-state index in [1.54, 1.807) is 0 Å². The molecule has 1 aliphatic rings. The summed E-state index contributed by atoms with van der Waals surface area (Å²) >= 11 is 3.40. The van der Waals surface area contributed by atoms with Crippen LogP contribution in [0.25, 0.3) is 0 Å². The van der Waals surface area contributed by atoms with E-state index in [0.717, 1.165) is 43.5 Å². The van der Waals surface area contributed by atoms with Crippen molar-refractivity contribution in [3.05, 3.63) is 35.4 Å². The van der Waals surface area contributed by atoms with Crippen molar-refractivity contribution in [2.75, 3.05) is 26.8 Å². The van der Waals surface area contributed by atoms with Crippen LogP contribution in [0.4, 0.5) is 0 Å². The molecule has 0 spiro atoms. The van der Waals surface area contributed by atoms with Gasteiger partial charge in [0.25, 0.3) is 5.91 Å². The van der Waals surface area contributed by atoms with Crippen LogP contribution in [0.3, 0.4) is 0 Å². The Kier molecular flexibility index (Phi) is 5.40. The van der Waals surface area contributed by atoms with Gasteiger partial charge < -0.3 is 9.64 Å². The van der Waals surface area contributed by atoms with Gasteiger partial charge in [0.05, 0.1) is 6.61 Å². The van der Waals surface area contributed by atoms with E-state index >= 15 is 0 Å². The highest BCUT2D eigenvalue weighted by atomic mass is 79.9. The highest BCUT2D eigenvalue weighted by molar-refractivity contribution is 9.08. The summed E-state index contributed by atoms with van der Waals surface area (Å²) in [5.74, 6) is 0.566. The van der Waals surface area contributed by atoms with E-state index in [9.17, 15) is 4.79 Å². The quantitative estimate of drug-likeness (QED) is 0.796. The van der Waals surface area contributed by atoms with E-state index in [4.69, 9.17) is 4.74 Å². The number of nitrogens with zero attached hydrogens (tertiary/aromatic N) is 1. The Labute approximate surface area is 123 Å². The Bertz CT molecular complexity index is 413. The van der Waals surface area contributed by atoms with Gasteiger partial charge >= 0.3 is 0 Å². The molecule has 4 heteroatoms. The molecule has 1 heterocycles. The van der Waals surface area contributed by atoms with Gasteiger partial charge in [-0.05, 0) is 36.5 Å². The van der Waals surface area contributed by atoms with Crippen LogP contribution in [0.2, 0.25) is 0 Å². The minimum Gasteiger partial charge on any atom is -0.381 e. The average molecular weight is 326 g/mol. The first-order valence-corrected chi connectivity index (χ1v) is 7.81. The van der Waals surface area contributed by atoms with Gasteiger partial charge in [-0.15, -0.1) is 0 Å². The van der Waals surface area contributed by atoms with Crippen LogP contribution in [-0.4, -0.2) is 37.6 Å². The molecule has 1 saturated heterocycles. The summed E-state index contributed by atoms with van der Waals surface area (Å²) in [7, 11) is 1.87. The fraction of sp³-hybridized carbons (Fsp3) is 0.533. The zero-order valence-corrected chi connectivity index (χ0v) is 12.9. The number of halogens is 1. The second-order valence-corrected chi connectivity index (χ2v) is 5.66. The standard InChI is InChI=1S/C15H20BrNO2/c1-17(10-13-3-2-8-19-11-13)15(18)14-6-4-12(9-16)5-7-14/h4-7,13H,2-3,8-11H2,1H3. The summed E-state index contributed by atoms with van der Waals surface area (Å²) in [6, 6.07) is 7.76. The Balaban J connectivity index is 1.93. The number of rotatable bonds is 4. The first kappa shape index (κ1) is 14.5. The molecule has 1 aliphatic heterocycles. The number of carbonyl (C=O) groups is 1. The molecule has 1 fully saturated rings. The van der Waals surface area contributed by atoms with Crippen LogP contribution in [0.1, 0.15) is 28.8 Å². The highest BCUT2D eigenvalue weighted by Crippen LogP contribution is 2.16. The number of ether oxygens (including phenoxy) is 1. The maximum Gasteiger partial charge on any atom is 0.253 e. The molecular formula is C15H20BrNO2. The Hall–Kier alpha value is -0.870. The average Bonchev–Trinajstić information content (AvgIpc) is 2.47. The van der Waals surface area contributed by atoms with Crippen molar-refractivity contribution in [1.82, 2.24) is 4.90 Å². The third-order valence-electron chi connectivity index (χ3n) is 3.49. The molecule has 0 bridgehead atoms. The molecule has 104 valence electrons. The maximum atomic E-state index is 12.3. The van der Waals surface area contributed by atoms with E-state index in [0.29, 0.717) is 5.92 Å². The van der Waals surface area contributed by atoms with Crippen molar-refractivity contribution in [3.8, 4) is 0 Å². The van der Waals surface area contributed by atoms with Crippen molar-refractivity contribution in [2.45, 2.75) is 18.2 Å². The third kappa shape index (κ3) is 4.05. The van der Waals surface area contributed by atoms with Crippen molar-refractivity contribution in [3.63, 3.8) is 0 Å². The van der Waals surface area contributed by atoms with Gasteiger partial charge in [-0.3, -0.25) is 4.79 Å². The largest absolute Gasteiger partial charge is 0.381 e. The Morgan fingerprint density at radius 3 is 2.74 bits per heavy atom. The predicted octanol–water partition coefficient (Wildman–Crippen LogP) is 3.08. The number of hydrogen-bond acceptors (Lipinski definition) is 2. The number of alkyl halides is 1. The Morgan fingerprint density at radius 1 is 1.42 bits per heavy atom. The lowest BCUT2D eigenvalue weighted by molar-refractivity contribution is 0.0388. The van der Waals surface area contributed by atoms with Crippen LogP contribution in [0.15, 0.2) is 24.3 Å². The zero-order valence-electron chi connectivity index (χ0n) is 11.3. The molecule has 0 saturated carbocycles. The Morgan fingerprint density at radius 2 is 2.16 bits per heavy atom. The number of hydrogen-bond donors (Lipinski definition) is 0. The van der Waals surface area contributed by atoms with E-state index < -0.39 is 0 Å². The molecule has 0 radical (unpaired) electrons. The lowest BCUT2D eigenvalue weighted by atomic mass is 10.0. The zero-order chi connectivity index (χ0) is 13.7. The molecule has 19 heavy (non-hydrogen) atoms. The molecule has 1 amide bonds. The third-order valence-corrected chi connectivity index (χ3v) is 4.14. The molecule has 3 nitrogen and oxygen atoms in total. The van der Waals surface area contributed by atoms with Crippen molar-refractivity contribution >= 4 is 21.8 Å². The SMILES string of the molecule is CN(CC1CCCOC1)C(=O)c1ccc(CBr)cc1. The number of benzene rings is 1. The van der Waals surface area contributed by atoms with Gasteiger partial charge in [-0.25, -0.2) is 0 Å². The van der Waals surface area contributed by atoms with Gasteiger partial charge in [-0.2, -0.15) is 0 Å². The summed E-state index contributed by atoms with van der Waals surface area (Å²) in [5, 5.41) is 0.816. The topological polar surface area (TPSA) is 29.5 Å². The van der Waals surface area contributed by atoms with E-state index in [2.05, 4.69) is 15.9 Å². The van der Waals surface area contributed by atoms with Gasteiger partial charge in [0.1, 0.15) is 0 Å². The van der Waals surface area contributed by atoms with Gasteiger partial charge in [0.2, 0.25) is 0 Å². The molecule has 1 unspecified atom stereocenters. The normalized spacial score (nSPS) is 19.2. The van der Waals surface area contributed by atoms with E-state index in [-0.39, 0.29) is 5.91 Å². The lowest BCUT2D eigenvalue weighted by Crippen LogP contribution is -2.35. The fourth-order valence-electron chi connectivity index (χ4n) is 2.38. The van der Waals surface area contributed by atoms with Crippen LogP contribution < -0.4 is 0 Å². The highest BCUT2D eigenvalue weighted by Gasteiger charge is 2.19. The molecule has 0 aromatic heterocycles. The van der Waals surface area contributed by atoms with Crippen molar-refractivity contribution < 1.29 is 9.53 Å². The summed E-state index contributed by atoms with van der Waals surface area (Å²) in [5.41, 5.74) is 1.93. The minimum atomic E-state index is 0.0895. The molecule has 2 rings (SSSR count). The van der Waals surface area contributed by atoms with Gasteiger partial charge in [-0.1, -0.05) is 28.1 Å². The second kappa shape index (κ2) is 7.06. The molecule has 1 aromatic carbocycles. The monoisotopic (exact) mass is 325 g/mol. The predicted molar refractivity (Wildman–Crippen MR) is 79.6 cm³/mol. The van der Waals surface area contributed by atoms with Crippen molar-refractivity contribution in [2.24, 2.45) is 5.92 Å². The number of carbonyl (C=O) groups excluding carboxylic acids is 1. The second-order valence-electron chi connectivity index (χ2n) is 5.10.